The van der Waals surface area contributed by atoms with Gasteiger partial charge in [-0.1, -0.05) is 12.1 Å². The van der Waals surface area contributed by atoms with Gasteiger partial charge >= 0.3 is 7.40 Å². The number of phenolic OH excluding ortho intramolecular Hbond substituents is 1. The molecule has 1 aromatic carbocycles. The number of benzene rings is 1. The van der Waals surface area contributed by atoms with Gasteiger partial charge in [0, 0.05) is 22.7 Å². The second-order valence-electron chi connectivity index (χ2n) is 5.40. The second-order valence-corrected chi connectivity index (χ2v) is 5.40. The van der Waals surface area contributed by atoms with Gasteiger partial charge in [-0.25, -0.2) is 0 Å². The Morgan fingerprint density at radius 3 is 2.30 bits per heavy atom. The number of hydrogen-bond acceptors (Lipinski definition) is 2. The summed E-state index contributed by atoms with van der Waals surface area (Å²) in [5.41, 5.74) is 3.68. The molecule has 0 bridgehead atoms. The molecule has 0 unspecified atom stereocenters. The van der Waals surface area contributed by atoms with E-state index in [1.165, 1.54) is 12.1 Å². The third-order valence-electron chi connectivity index (χ3n) is 3.76. The topological polar surface area (TPSA) is 37.5 Å². The van der Waals surface area contributed by atoms with Crippen LogP contribution in [0.2, 0.25) is 0 Å². The van der Waals surface area contributed by atoms with Crippen LogP contribution in [0, 0.1) is 6.92 Å². The summed E-state index contributed by atoms with van der Waals surface area (Å²) >= 11 is 0. The SMILES string of the molecule is CC1=N/C(=C(/c2ccc(O)cc2)c2ccc(C)n2B(F)F)C=C1. The Balaban J connectivity index is 2.27. The molecule has 3 rings (SSSR count). The molecule has 116 valence electrons. The minimum atomic E-state index is -2.64. The van der Waals surface area contributed by atoms with Crippen LogP contribution in [0.4, 0.5) is 8.63 Å². The highest BCUT2D eigenvalue weighted by molar-refractivity contribution is 6.41. The Morgan fingerprint density at radius 2 is 1.74 bits per heavy atom. The zero-order valence-corrected chi connectivity index (χ0v) is 12.8. The summed E-state index contributed by atoms with van der Waals surface area (Å²) in [6, 6.07) is 9.81. The minimum Gasteiger partial charge on any atom is -0.508 e. The molecule has 23 heavy (non-hydrogen) atoms. The molecule has 0 spiro atoms. The van der Waals surface area contributed by atoms with Gasteiger partial charge in [0.05, 0.1) is 5.70 Å². The number of halogens is 2. The van der Waals surface area contributed by atoms with Crippen molar-refractivity contribution in [2.45, 2.75) is 13.8 Å². The number of aryl methyl sites for hydroxylation is 1. The summed E-state index contributed by atoms with van der Waals surface area (Å²) in [5.74, 6) is 0.125. The van der Waals surface area contributed by atoms with Gasteiger partial charge in [-0.05, 0) is 55.8 Å². The fourth-order valence-corrected chi connectivity index (χ4v) is 2.67. The summed E-state index contributed by atoms with van der Waals surface area (Å²) in [5, 5.41) is 9.48. The lowest BCUT2D eigenvalue weighted by Gasteiger charge is -2.14. The van der Waals surface area contributed by atoms with E-state index in [-0.39, 0.29) is 5.75 Å². The number of nitrogens with zero attached hydrogens (tertiary/aromatic N) is 2. The van der Waals surface area contributed by atoms with E-state index in [9.17, 15) is 13.7 Å². The number of phenols is 1. The Hall–Kier alpha value is -2.63. The van der Waals surface area contributed by atoms with Crippen LogP contribution < -0.4 is 0 Å². The molecule has 0 aliphatic carbocycles. The Bertz CT molecular complexity index is 833. The highest BCUT2D eigenvalue weighted by atomic mass is 19.2. The molecule has 0 amide bonds. The molecule has 1 N–H and O–H groups in total. The monoisotopic (exact) mass is 312 g/mol. The molecule has 0 saturated heterocycles. The van der Waals surface area contributed by atoms with Crippen molar-refractivity contribution in [1.82, 2.24) is 4.48 Å². The van der Waals surface area contributed by atoms with Crippen LogP contribution in [0.15, 0.2) is 59.2 Å². The average molecular weight is 312 g/mol. The molecule has 2 heterocycles. The number of allylic oxidation sites excluding steroid dienone is 2. The maximum Gasteiger partial charge on any atom is 0.677 e. The summed E-state index contributed by atoms with van der Waals surface area (Å²) in [6.07, 6.45) is 3.66. The van der Waals surface area contributed by atoms with E-state index in [0.717, 1.165) is 15.8 Å². The van der Waals surface area contributed by atoms with Crippen LogP contribution in [0.25, 0.3) is 5.57 Å². The molecule has 6 heteroatoms. The zero-order chi connectivity index (χ0) is 16.6. The molecule has 0 saturated carbocycles. The molecule has 0 atom stereocenters. The van der Waals surface area contributed by atoms with Crippen molar-refractivity contribution >= 4 is 18.7 Å². The van der Waals surface area contributed by atoms with Crippen molar-refractivity contribution in [3.05, 3.63) is 71.2 Å². The first kappa shape index (κ1) is 15.3. The molecule has 1 aromatic heterocycles. The third-order valence-corrected chi connectivity index (χ3v) is 3.76. The largest absolute Gasteiger partial charge is 0.677 e. The van der Waals surface area contributed by atoms with Crippen molar-refractivity contribution in [3.8, 4) is 5.75 Å². The van der Waals surface area contributed by atoms with Crippen LogP contribution >= 0.6 is 0 Å². The van der Waals surface area contributed by atoms with Gasteiger partial charge in [-0.15, -0.1) is 0 Å². The minimum absolute atomic E-state index is 0.125. The second kappa shape index (κ2) is 5.87. The van der Waals surface area contributed by atoms with Gasteiger partial charge in [-0.3, -0.25) is 13.6 Å². The summed E-state index contributed by atoms with van der Waals surface area (Å²) in [6.45, 7) is 3.50. The van der Waals surface area contributed by atoms with Crippen molar-refractivity contribution in [1.29, 1.82) is 0 Å². The molecule has 3 nitrogen and oxygen atoms in total. The van der Waals surface area contributed by atoms with Crippen LogP contribution in [-0.2, 0) is 0 Å². The van der Waals surface area contributed by atoms with Gasteiger partial charge in [0.2, 0.25) is 0 Å². The Morgan fingerprint density at radius 1 is 1.04 bits per heavy atom. The van der Waals surface area contributed by atoms with Gasteiger partial charge in [-0.2, -0.15) is 0 Å². The number of rotatable bonds is 3. The van der Waals surface area contributed by atoms with Crippen molar-refractivity contribution in [2.75, 3.05) is 0 Å². The molecule has 0 radical (unpaired) electrons. The van der Waals surface area contributed by atoms with Crippen molar-refractivity contribution in [2.24, 2.45) is 4.99 Å². The fourth-order valence-electron chi connectivity index (χ4n) is 2.67. The molecule has 1 aliphatic rings. The molecule has 0 fully saturated rings. The summed E-state index contributed by atoms with van der Waals surface area (Å²) < 4.78 is 27.9. The quantitative estimate of drug-likeness (QED) is 0.853. The lowest BCUT2D eigenvalue weighted by molar-refractivity contribution is 0.475. The number of aromatic hydroxyl groups is 1. The van der Waals surface area contributed by atoms with E-state index in [4.69, 9.17) is 0 Å². The highest BCUT2D eigenvalue weighted by Crippen LogP contribution is 2.32. The van der Waals surface area contributed by atoms with E-state index >= 15 is 0 Å². The lowest BCUT2D eigenvalue weighted by Crippen LogP contribution is -2.17. The standard InChI is InChI=1S/C17H15BF2N2O/c1-11-3-9-15(21-11)17(13-5-7-14(23)8-6-13)16-10-4-12(2)22(16)18(19)20/h3-10,23H,1-2H3/b17-15-. The van der Waals surface area contributed by atoms with Crippen LogP contribution in [-0.4, -0.2) is 22.7 Å². The summed E-state index contributed by atoms with van der Waals surface area (Å²) in [7, 11) is -2.64. The third kappa shape index (κ3) is 2.84. The number of aromatic nitrogens is 1. The van der Waals surface area contributed by atoms with Gasteiger partial charge < -0.3 is 9.58 Å². The first-order valence-electron chi connectivity index (χ1n) is 7.21. The van der Waals surface area contributed by atoms with Crippen LogP contribution in [0.5, 0.6) is 5.75 Å². The highest BCUT2D eigenvalue weighted by Gasteiger charge is 2.26. The van der Waals surface area contributed by atoms with Gasteiger partial charge in [0.15, 0.2) is 0 Å². The first-order chi connectivity index (χ1) is 11.0. The predicted octanol–water partition coefficient (Wildman–Crippen LogP) is 4.06. The van der Waals surface area contributed by atoms with Gasteiger partial charge in [0.25, 0.3) is 0 Å². The Labute approximate surface area is 133 Å². The maximum absolute atomic E-state index is 13.5. The van der Waals surface area contributed by atoms with Crippen LogP contribution in [0.3, 0.4) is 0 Å². The number of hydrogen-bond donors (Lipinski definition) is 1. The maximum atomic E-state index is 13.5. The fraction of sp³-hybridized carbons (Fsp3) is 0.118. The first-order valence-corrected chi connectivity index (χ1v) is 7.21. The Kier molecular flexibility index (Phi) is 3.90. The predicted molar refractivity (Wildman–Crippen MR) is 88.9 cm³/mol. The van der Waals surface area contributed by atoms with E-state index in [0.29, 0.717) is 22.7 Å². The van der Waals surface area contributed by atoms with Crippen LogP contribution in [0.1, 0.15) is 23.9 Å². The smallest absolute Gasteiger partial charge is 0.508 e. The molecular formula is C17H15BF2N2O. The zero-order valence-electron chi connectivity index (χ0n) is 12.8. The molecule has 2 aromatic rings. The van der Waals surface area contributed by atoms with E-state index < -0.39 is 7.40 Å². The number of aliphatic imine (C=N–C) groups is 1. The lowest BCUT2D eigenvalue weighted by atomic mass is 9.98. The molecule has 1 aliphatic heterocycles. The van der Waals surface area contributed by atoms with Crippen molar-refractivity contribution < 1.29 is 13.7 Å². The van der Waals surface area contributed by atoms with E-state index in [2.05, 4.69) is 4.99 Å². The average Bonchev–Trinajstić information content (AvgIpc) is 3.08. The molecular weight excluding hydrogens is 297 g/mol. The van der Waals surface area contributed by atoms with E-state index in [1.54, 1.807) is 31.2 Å². The van der Waals surface area contributed by atoms with Crippen molar-refractivity contribution in [3.63, 3.8) is 0 Å². The normalized spacial score (nSPS) is 15.7. The van der Waals surface area contributed by atoms with E-state index in [1.807, 2.05) is 19.1 Å². The summed E-state index contributed by atoms with van der Waals surface area (Å²) in [4.78, 5) is 4.44. The van der Waals surface area contributed by atoms with Gasteiger partial charge in [0.1, 0.15) is 5.75 Å².